The molecule has 3 aromatic rings. The summed E-state index contributed by atoms with van der Waals surface area (Å²) in [6.45, 7) is 5.76. The van der Waals surface area contributed by atoms with Crippen molar-refractivity contribution in [2.24, 2.45) is 0 Å². The lowest BCUT2D eigenvalue weighted by molar-refractivity contribution is 0.0373. The SMILES string of the molecule is c1cc(-c2nnc(NCCCCN3CCOCC3)o2)c2[nH]ccc2c1. The van der Waals surface area contributed by atoms with Gasteiger partial charge in [-0.3, -0.25) is 4.90 Å². The second kappa shape index (κ2) is 7.67. The van der Waals surface area contributed by atoms with Gasteiger partial charge in [-0.15, -0.1) is 5.10 Å². The molecular formula is C18H23N5O2. The number of ether oxygens (including phenoxy) is 1. The van der Waals surface area contributed by atoms with Gasteiger partial charge < -0.3 is 19.5 Å². The highest BCUT2D eigenvalue weighted by Gasteiger charge is 2.12. The Hall–Kier alpha value is -2.38. The minimum absolute atomic E-state index is 0.477. The van der Waals surface area contributed by atoms with Crippen LogP contribution in [0.4, 0.5) is 6.01 Å². The maximum Gasteiger partial charge on any atom is 0.315 e. The molecule has 0 amide bonds. The van der Waals surface area contributed by atoms with E-state index in [1.807, 2.05) is 24.4 Å². The summed E-state index contributed by atoms with van der Waals surface area (Å²) >= 11 is 0. The van der Waals surface area contributed by atoms with E-state index >= 15 is 0 Å². The summed E-state index contributed by atoms with van der Waals surface area (Å²) in [6.07, 6.45) is 4.13. The van der Waals surface area contributed by atoms with Crippen LogP contribution in [0, 0.1) is 0 Å². The van der Waals surface area contributed by atoms with Crippen LogP contribution in [0.25, 0.3) is 22.4 Å². The predicted octanol–water partition coefficient (Wildman–Crippen LogP) is 2.74. The van der Waals surface area contributed by atoms with E-state index in [1.54, 1.807) is 0 Å². The molecule has 0 bridgehead atoms. The van der Waals surface area contributed by atoms with Crippen molar-refractivity contribution in [1.82, 2.24) is 20.1 Å². The Balaban J connectivity index is 1.28. The van der Waals surface area contributed by atoms with E-state index in [2.05, 4.69) is 31.5 Å². The monoisotopic (exact) mass is 341 g/mol. The summed E-state index contributed by atoms with van der Waals surface area (Å²) in [7, 11) is 0. The molecular weight excluding hydrogens is 318 g/mol. The molecule has 2 N–H and O–H groups in total. The standard InChI is InChI=1S/C18H23N5O2/c1(2-9-23-10-12-24-13-11-23)7-20-18-22-21-17(25-18)15-5-3-4-14-6-8-19-16(14)15/h3-6,8,19H,1-2,7,9-13H2,(H,20,22). The molecule has 4 rings (SSSR count). The van der Waals surface area contributed by atoms with Gasteiger partial charge in [0.05, 0.1) is 24.3 Å². The summed E-state index contributed by atoms with van der Waals surface area (Å²) < 4.78 is 11.1. The van der Waals surface area contributed by atoms with Gasteiger partial charge in [0.25, 0.3) is 5.89 Å². The van der Waals surface area contributed by atoms with Crippen molar-refractivity contribution >= 4 is 16.9 Å². The number of aromatic amines is 1. The van der Waals surface area contributed by atoms with E-state index in [9.17, 15) is 0 Å². The van der Waals surface area contributed by atoms with Crippen LogP contribution in [0.1, 0.15) is 12.8 Å². The van der Waals surface area contributed by atoms with Crippen LogP contribution >= 0.6 is 0 Å². The maximum atomic E-state index is 5.76. The number of aromatic nitrogens is 3. The molecule has 0 unspecified atom stereocenters. The first-order valence-electron chi connectivity index (χ1n) is 8.84. The van der Waals surface area contributed by atoms with Crippen molar-refractivity contribution in [2.75, 3.05) is 44.7 Å². The number of H-pyrrole nitrogens is 1. The normalized spacial score (nSPS) is 15.7. The number of hydrogen-bond acceptors (Lipinski definition) is 6. The molecule has 3 heterocycles. The second-order valence-corrected chi connectivity index (χ2v) is 6.25. The summed E-state index contributed by atoms with van der Waals surface area (Å²) in [5, 5.41) is 12.6. The van der Waals surface area contributed by atoms with Gasteiger partial charge >= 0.3 is 6.01 Å². The number of unbranched alkanes of at least 4 members (excludes halogenated alkanes) is 1. The highest BCUT2D eigenvalue weighted by molar-refractivity contribution is 5.91. The number of rotatable bonds is 7. The Morgan fingerprint density at radius 2 is 2.04 bits per heavy atom. The lowest BCUT2D eigenvalue weighted by Gasteiger charge is -2.26. The zero-order chi connectivity index (χ0) is 16.9. The molecule has 2 aromatic heterocycles. The summed E-state index contributed by atoms with van der Waals surface area (Å²) in [5.74, 6) is 0.531. The zero-order valence-electron chi connectivity index (χ0n) is 14.2. The lowest BCUT2D eigenvalue weighted by Crippen LogP contribution is -2.36. The fraction of sp³-hybridized carbons (Fsp3) is 0.444. The van der Waals surface area contributed by atoms with Crippen LogP contribution < -0.4 is 5.32 Å². The van der Waals surface area contributed by atoms with Crippen LogP contribution in [0.3, 0.4) is 0 Å². The average Bonchev–Trinajstić information content (AvgIpc) is 3.31. The van der Waals surface area contributed by atoms with Crippen LogP contribution in [-0.2, 0) is 4.74 Å². The van der Waals surface area contributed by atoms with Gasteiger partial charge in [-0.1, -0.05) is 17.2 Å². The van der Waals surface area contributed by atoms with Gasteiger partial charge in [0.15, 0.2) is 0 Å². The fourth-order valence-corrected chi connectivity index (χ4v) is 3.15. The van der Waals surface area contributed by atoms with Gasteiger partial charge in [0, 0.05) is 31.2 Å². The van der Waals surface area contributed by atoms with Crippen molar-refractivity contribution in [1.29, 1.82) is 0 Å². The van der Waals surface area contributed by atoms with E-state index in [0.717, 1.165) is 68.7 Å². The van der Waals surface area contributed by atoms with E-state index < -0.39 is 0 Å². The predicted molar refractivity (Wildman–Crippen MR) is 96.6 cm³/mol. The van der Waals surface area contributed by atoms with E-state index in [0.29, 0.717) is 11.9 Å². The third-order valence-corrected chi connectivity index (χ3v) is 4.52. The first-order valence-corrected chi connectivity index (χ1v) is 8.84. The molecule has 1 saturated heterocycles. The van der Waals surface area contributed by atoms with E-state index in [4.69, 9.17) is 9.15 Å². The van der Waals surface area contributed by atoms with Crippen molar-refractivity contribution in [3.05, 3.63) is 30.5 Å². The highest BCUT2D eigenvalue weighted by atomic mass is 16.5. The van der Waals surface area contributed by atoms with Crippen molar-refractivity contribution in [3.8, 4) is 11.5 Å². The molecule has 7 heteroatoms. The van der Waals surface area contributed by atoms with Gasteiger partial charge in [-0.05, 0) is 31.5 Å². The molecule has 25 heavy (non-hydrogen) atoms. The molecule has 1 aliphatic rings. The number of anilines is 1. The van der Waals surface area contributed by atoms with E-state index in [1.165, 1.54) is 0 Å². The number of hydrogen-bond donors (Lipinski definition) is 2. The molecule has 1 fully saturated rings. The third-order valence-electron chi connectivity index (χ3n) is 4.52. The van der Waals surface area contributed by atoms with E-state index in [-0.39, 0.29) is 0 Å². The lowest BCUT2D eigenvalue weighted by atomic mass is 10.1. The Bertz CT molecular complexity index is 807. The van der Waals surface area contributed by atoms with Crippen molar-refractivity contribution in [3.63, 3.8) is 0 Å². The molecule has 0 radical (unpaired) electrons. The molecule has 132 valence electrons. The number of nitrogens with zero attached hydrogens (tertiary/aromatic N) is 3. The van der Waals surface area contributed by atoms with Crippen LogP contribution in [0.5, 0.6) is 0 Å². The molecule has 0 atom stereocenters. The van der Waals surface area contributed by atoms with Gasteiger partial charge in [-0.2, -0.15) is 0 Å². The average molecular weight is 341 g/mol. The largest absolute Gasteiger partial charge is 0.403 e. The molecule has 0 spiro atoms. The first-order chi connectivity index (χ1) is 12.4. The van der Waals surface area contributed by atoms with Gasteiger partial charge in [0.2, 0.25) is 0 Å². The number of fused-ring (bicyclic) bond motifs is 1. The summed E-state index contributed by atoms with van der Waals surface area (Å²) in [4.78, 5) is 5.67. The van der Waals surface area contributed by atoms with Crippen molar-refractivity contribution in [2.45, 2.75) is 12.8 Å². The Kier molecular flexibility index (Phi) is 4.94. The topological polar surface area (TPSA) is 79.2 Å². The Morgan fingerprint density at radius 1 is 1.12 bits per heavy atom. The Morgan fingerprint density at radius 3 is 2.96 bits per heavy atom. The van der Waals surface area contributed by atoms with Gasteiger partial charge in [0.1, 0.15) is 0 Å². The number of morpholine rings is 1. The third kappa shape index (κ3) is 3.83. The van der Waals surface area contributed by atoms with Crippen LogP contribution in [0.15, 0.2) is 34.9 Å². The number of nitrogens with one attached hydrogen (secondary N) is 2. The second-order valence-electron chi connectivity index (χ2n) is 6.25. The van der Waals surface area contributed by atoms with Gasteiger partial charge in [-0.25, -0.2) is 0 Å². The Labute approximate surface area is 146 Å². The smallest absolute Gasteiger partial charge is 0.315 e. The molecule has 1 aromatic carbocycles. The molecule has 0 aliphatic carbocycles. The van der Waals surface area contributed by atoms with Crippen LogP contribution in [-0.4, -0.2) is 59.5 Å². The fourth-order valence-electron chi connectivity index (χ4n) is 3.15. The number of para-hydroxylation sites is 1. The summed E-state index contributed by atoms with van der Waals surface area (Å²) in [6, 6.07) is 8.54. The molecule has 1 aliphatic heterocycles. The first kappa shape index (κ1) is 16.1. The quantitative estimate of drug-likeness (QED) is 0.643. The minimum Gasteiger partial charge on any atom is -0.403 e. The van der Waals surface area contributed by atoms with Crippen molar-refractivity contribution < 1.29 is 9.15 Å². The molecule has 0 saturated carbocycles. The zero-order valence-corrected chi connectivity index (χ0v) is 14.2. The number of benzene rings is 1. The molecule has 7 nitrogen and oxygen atoms in total. The summed E-state index contributed by atoms with van der Waals surface area (Å²) in [5.41, 5.74) is 1.94. The highest BCUT2D eigenvalue weighted by Crippen LogP contribution is 2.27. The maximum absolute atomic E-state index is 5.76. The van der Waals surface area contributed by atoms with Crippen LogP contribution in [0.2, 0.25) is 0 Å². The minimum atomic E-state index is 0.477.